The first-order chi connectivity index (χ1) is 4.73. The Balaban J connectivity index is 0.000000180. The van der Waals surface area contributed by atoms with Crippen molar-refractivity contribution in [2.24, 2.45) is 0 Å². The van der Waals surface area contributed by atoms with Crippen LogP contribution in [-0.2, 0) is 4.79 Å². The molecule has 0 radical (unpaired) electrons. The van der Waals surface area contributed by atoms with Crippen molar-refractivity contribution in [1.29, 1.82) is 0 Å². The molecule has 0 unspecified atom stereocenters. The normalized spacial score (nSPS) is 15.3. The molecule has 0 heterocycles. The predicted molar refractivity (Wildman–Crippen MR) is 38.3 cm³/mol. The molecular weight excluding hydrogens is 128 g/mol. The molecule has 10 heavy (non-hydrogen) atoms. The lowest BCUT2D eigenvalue weighted by Gasteiger charge is -1.97. The molecule has 0 amide bonds. The summed E-state index contributed by atoms with van der Waals surface area (Å²) in [6.07, 6.45) is 10.0. The van der Waals surface area contributed by atoms with E-state index in [0.717, 1.165) is 6.92 Å². The fraction of sp³-hybridized carbons (Fsp3) is 0.625. The standard InChI is InChI=1S/C6H10.C2H4O2/c1-2-4-6-5-3-1;1-2(3)4/h1-2H,3-6H2;1H3,(H,3,4)/p-1. The third-order valence-corrected chi connectivity index (χ3v) is 1.16. The summed E-state index contributed by atoms with van der Waals surface area (Å²) >= 11 is 0. The molecule has 0 aliphatic heterocycles. The summed E-state index contributed by atoms with van der Waals surface area (Å²) in [7, 11) is 0. The van der Waals surface area contributed by atoms with Gasteiger partial charge in [0.05, 0.1) is 0 Å². The summed E-state index contributed by atoms with van der Waals surface area (Å²) < 4.78 is 0. The molecule has 0 N–H and O–H groups in total. The molecule has 1 aliphatic carbocycles. The SMILES string of the molecule is C1=CCCCC1.CC(=O)[O-]. The van der Waals surface area contributed by atoms with Crippen LogP contribution < -0.4 is 5.11 Å². The number of aliphatic carboxylic acids is 1. The molecule has 2 nitrogen and oxygen atoms in total. The highest BCUT2D eigenvalue weighted by Gasteiger charge is 1.87. The van der Waals surface area contributed by atoms with Crippen LogP contribution in [0.2, 0.25) is 0 Å². The number of allylic oxidation sites excluding steroid dienone is 2. The van der Waals surface area contributed by atoms with Gasteiger partial charge in [0.1, 0.15) is 0 Å². The first-order valence-electron chi connectivity index (χ1n) is 3.56. The highest BCUT2D eigenvalue weighted by atomic mass is 16.4. The van der Waals surface area contributed by atoms with Crippen molar-refractivity contribution in [3.8, 4) is 0 Å². The van der Waals surface area contributed by atoms with E-state index >= 15 is 0 Å². The lowest BCUT2D eigenvalue weighted by molar-refractivity contribution is -0.302. The van der Waals surface area contributed by atoms with Gasteiger partial charge in [-0.15, -0.1) is 0 Å². The Morgan fingerprint density at radius 1 is 1.30 bits per heavy atom. The second-order valence-corrected chi connectivity index (χ2v) is 2.25. The van der Waals surface area contributed by atoms with Crippen LogP contribution in [0.5, 0.6) is 0 Å². The van der Waals surface area contributed by atoms with Crippen molar-refractivity contribution < 1.29 is 9.90 Å². The summed E-state index contributed by atoms with van der Waals surface area (Å²) in [6, 6.07) is 0. The molecule has 0 spiro atoms. The smallest absolute Gasteiger partial charge is 0.0383 e. The van der Waals surface area contributed by atoms with Crippen LogP contribution in [0.15, 0.2) is 12.2 Å². The number of carbonyl (C=O) groups excluding carboxylic acids is 1. The summed E-state index contributed by atoms with van der Waals surface area (Å²) in [5.41, 5.74) is 0. The Morgan fingerprint density at radius 2 is 1.60 bits per heavy atom. The average molecular weight is 141 g/mol. The van der Waals surface area contributed by atoms with E-state index in [1.54, 1.807) is 0 Å². The maximum absolute atomic E-state index is 8.89. The second-order valence-electron chi connectivity index (χ2n) is 2.25. The lowest BCUT2D eigenvalue weighted by Crippen LogP contribution is -2.16. The lowest BCUT2D eigenvalue weighted by atomic mass is 10.1. The number of rotatable bonds is 0. The Bertz CT molecular complexity index is 104. The van der Waals surface area contributed by atoms with Gasteiger partial charge in [-0.05, 0) is 32.6 Å². The van der Waals surface area contributed by atoms with E-state index in [1.165, 1.54) is 25.7 Å². The van der Waals surface area contributed by atoms with Gasteiger partial charge in [0, 0.05) is 5.97 Å². The first-order valence-corrected chi connectivity index (χ1v) is 3.56. The molecule has 0 atom stereocenters. The minimum absolute atomic E-state index is 0.972. The predicted octanol–water partition coefficient (Wildman–Crippen LogP) is 0.873. The van der Waals surface area contributed by atoms with Crippen molar-refractivity contribution in [2.45, 2.75) is 32.6 Å². The number of carboxylic acids is 1. The third-order valence-electron chi connectivity index (χ3n) is 1.16. The van der Waals surface area contributed by atoms with Gasteiger partial charge in [-0.25, -0.2) is 0 Å². The van der Waals surface area contributed by atoms with Crippen molar-refractivity contribution in [3.05, 3.63) is 12.2 Å². The largest absolute Gasteiger partial charge is 0.550 e. The molecule has 0 aromatic carbocycles. The number of carbonyl (C=O) groups is 1. The van der Waals surface area contributed by atoms with Gasteiger partial charge in [0.15, 0.2) is 0 Å². The molecule has 0 fully saturated rings. The van der Waals surface area contributed by atoms with Crippen LogP contribution in [0.4, 0.5) is 0 Å². The van der Waals surface area contributed by atoms with Gasteiger partial charge >= 0.3 is 0 Å². The van der Waals surface area contributed by atoms with Crippen LogP contribution >= 0.6 is 0 Å². The molecule has 0 aromatic rings. The fourth-order valence-corrected chi connectivity index (χ4v) is 0.760. The minimum atomic E-state index is -1.08. The highest BCUT2D eigenvalue weighted by molar-refractivity contribution is 5.60. The summed E-state index contributed by atoms with van der Waals surface area (Å²) in [6.45, 7) is 0.972. The van der Waals surface area contributed by atoms with Crippen LogP contribution in [0, 0.1) is 0 Å². The Kier molecular flexibility index (Phi) is 5.83. The Morgan fingerprint density at radius 3 is 1.70 bits per heavy atom. The van der Waals surface area contributed by atoms with Gasteiger partial charge < -0.3 is 9.90 Å². The maximum Gasteiger partial charge on any atom is 0.0383 e. The van der Waals surface area contributed by atoms with Gasteiger partial charge in [-0.1, -0.05) is 12.2 Å². The van der Waals surface area contributed by atoms with E-state index in [2.05, 4.69) is 12.2 Å². The van der Waals surface area contributed by atoms with Gasteiger partial charge in [0.2, 0.25) is 0 Å². The molecular formula is C8H13O2-. The molecule has 0 saturated heterocycles. The number of hydrogen-bond acceptors (Lipinski definition) is 2. The Labute approximate surface area is 61.6 Å². The third kappa shape index (κ3) is 10.2. The fourth-order valence-electron chi connectivity index (χ4n) is 0.760. The monoisotopic (exact) mass is 141 g/mol. The molecule has 1 rings (SSSR count). The van der Waals surface area contributed by atoms with Crippen molar-refractivity contribution >= 4 is 5.97 Å². The number of hydrogen-bond donors (Lipinski definition) is 0. The average Bonchev–Trinajstić information content (AvgIpc) is 1.90. The van der Waals surface area contributed by atoms with Crippen LogP contribution in [0.25, 0.3) is 0 Å². The van der Waals surface area contributed by atoms with Crippen molar-refractivity contribution in [1.82, 2.24) is 0 Å². The molecule has 0 bridgehead atoms. The van der Waals surface area contributed by atoms with Gasteiger partial charge in [0.25, 0.3) is 0 Å². The van der Waals surface area contributed by atoms with Crippen molar-refractivity contribution in [2.75, 3.05) is 0 Å². The topological polar surface area (TPSA) is 40.1 Å². The van der Waals surface area contributed by atoms with Crippen LogP contribution in [-0.4, -0.2) is 5.97 Å². The molecule has 0 saturated carbocycles. The second kappa shape index (κ2) is 6.33. The summed E-state index contributed by atoms with van der Waals surface area (Å²) in [5.74, 6) is -1.08. The van der Waals surface area contributed by atoms with E-state index in [1.807, 2.05) is 0 Å². The Hall–Kier alpha value is -0.790. The van der Waals surface area contributed by atoms with Gasteiger partial charge in [-0.3, -0.25) is 0 Å². The van der Waals surface area contributed by atoms with E-state index in [9.17, 15) is 0 Å². The van der Waals surface area contributed by atoms with E-state index in [-0.39, 0.29) is 0 Å². The molecule has 58 valence electrons. The summed E-state index contributed by atoms with van der Waals surface area (Å²) in [4.78, 5) is 8.89. The molecule has 2 heteroatoms. The first kappa shape index (κ1) is 9.21. The van der Waals surface area contributed by atoms with Crippen LogP contribution in [0.1, 0.15) is 32.6 Å². The zero-order chi connectivity index (χ0) is 7.82. The quantitative estimate of drug-likeness (QED) is 0.470. The van der Waals surface area contributed by atoms with Crippen molar-refractivity contribution in [3.63, 3.8) is 0 Å². The minimum Gasteiger partial charge on any atom is -0.550 e. The number of carboxylic acid groups (broad SMARTS) is 1. The molecule has 1 aliphatic rings. The maximum atomic E-state index is 8.89. The van der Waals surface area contributed by atoms with Crippen LogP contribution in [0.3, 0.4) is 0 Å². The van der Waals surface area contributed by atoms with E-state index < -0.39 is 5.97 Å². The highest BCUT2D eigenvalue weighted by Crippen LogP contribution is 2.07. The van der Waals surface area contributed by atoms with E-state index in [4.69, 9.17) is 9.90 Å². The zero-order valence-corrected chi connectivity index (χ0v) is 6.30. The summed E-state index contributed by atoms with van der Waals surface area (Å²) in [5, 5.41) is 8.89. The molecule has 0 aromatic heterocycles. The van der Waals surface area contributed by atoms with Gasteiger partial charge in [-0.2, -0.15) is 0 Å². The van der Waals surface area contributed by atoms with E-state index in [0.29, 0.717) is 0 Å². The zero-order valence-electron chi connectivity index (χ0n) is 6.30.